The summed E-state index contributed by atoms with van der Waals surface area (Å²) >= 11 is 0. The summed E-state index contributed by atoms with van der Waals surface area (Å²) in [4.78, 5) is 20.4. The van der Waals surface area contributed by atoms with Gasteiger partial charge >= 0.3 is 12.1 Å². The first-order chi connectivity index (χ1) is 5.13. The Hall–Kier alpha value is -0.800. The highest BCUT2D eigenvalue weighted by Gasteiger charge is 2.37. The monoisotopic (exact) mass is 162 g/mol. The number of rotatable bonds is 2. The molecule has 0 aliphatic heterocycles. The van der Waals surface area contributed by atoms with Crippen LogP contribution in [-0.4, -0.2) is 12.1 Å². The Balaban J connectivity index is 2.65. The summed E-state index contributed by atoms with van der Waals surface area (Å²) in [5.74, 6) is -2.01. The van der Waals surface area contributed by atoms with Crippen LogP contribution in [0.15, 0.2) is 0 Å². The predicted molar refractivity (Wildman–Crippen MR) is 33.1 cm³/mol. The molecule has 0 amide bonds. The molecule has 2 nitrogen and oxygen atoms in total. The Morgan fingerprint density at radius 1 is 1.00 bits per heavy atom. The highest BCUT2D eigenvalue weighted by atomic mass is 19.1. The van der Waals surface area contributed by atoms with Crippen LogP contribution in [0.3, 0.4) is 0 Å². The number of carbonyl (C=O) groups is 2. The van der Waals surface area contributed by atoms with Gasteiger partial charge in [-0.3, -0.25) is 9.59 Å². The van der Waals surface area contributed by atoms with Gasteiger partial charge in [-0.15, -0.1) is 0 Å². The predicted octanol–water partition coefficient (Wildman–Crippen LogP) is 1.39. The minimum atomic E-state index is -1.56. The van der Waals surface area contributed by atoms with Crippen LogP contribution in [0.5, 0.6) is 0 Å². The van der Waals surface area contributed by atoms with E-state index >= 15 is 0 Å². The van der Waals surface area contributed by atoms with Gasteiger partial charge in [-0.1, -0.05) is 6.42 Å². The SMILES string of the molecule is O=C(F)C1CCCC1C(=O)F. The fourth-order valence-electron chi connectivity index (χ4n) is 1.50. The van der Waals surface area contributed by atoms with Gasteiger partial charge in [0.1, 0.15) is 0 Å². The molecule has 0 N–H and O–H groups in total. The average Bonchev–Trinajstić information content (AvgIpc) is 2.32. The maximum Gasteiger partial charge on any atom is 0.305 e. The number of carbonyl (C=O) groups excluding carboxylic acids is 2. The van der Waals surface area contributed by atoms with Gasteiger partial charge in [0.05, 0.1) is 11.8 Å². The summed E-state index contributed by atoms with van der Waals surface area (Å²) in [6.07, 6.45) is 1.16. The van der Waals surface area contributed by atoms with Crippen LogP contribution in [0.4, 0.5) is 8.78 Å². The average molecular weight is 162 g/mol. The van der Waals surface area contributed by atoms with Gasteiger partial charge in [0, 0.05) is 0 Å². The van der Waals surface area contributed by atoms with Crippen LogP contribution in [0, 0.1) is 11.8 Å². The van der Waals surface area contributed by atoms with Crippen molar-refractivity contribution in [1.82, 2.24) is 0 Å². The summed E-state index contributed by atoms with van der Waals surface area (Å²) in [7, 11) is 0. The lowest BCUT2D eigenvalue weighted by Crippen LogP contribution is -2.20. The highest BCUT2D eigenvalue weighted by Crippen LogP contribution is 2.33. The van der Waals surface area contributed by atoms with Crippen molar-refractivity contribution in [2.45, 2.75) is 19.3 Å². The molecule has 1 aliphatic carbocycles. The first-order valence-corrected chi connectivity index (χ1v) is 3.51. The minimum Gasteiger partial charge on any atom is -0.261 e. The van der Waals surface area contributed by atoms with Gasteiger partial charge in [-0.25, -0.2) is 0 Å². The molecule has 0 radical (unpaired) electrons. The molecule has 4 heteroatoms. The van der Waals surface area contributed by atoms with E-state index in [1.54, 1.807) is 0 Å². The molecule has 0 bridgehead atoms. The second kappa shape index (κ2) is 3.07. The van der Waals surface area contributed by atoms with E-state index in [9.17, 15) is 18.4 Å². The fraction of sp³-hybridized carbons (Fsp3) is 0.714. The standard InChI is InChI=1S/C7H8F2O2/c8-6(10)4-2-1-3-5(4)7(9)11/h4-5H,1-3H2. The van der Waals surface area contributed by atoms with Crippen LogP contribution in [-0.2, 0) is 9.59 Å². The first-order valence-electron chi connectivity index (χ1n) is 3.51. The number of hydrogen-bond acceptors (Lipinski definition) is 2. The molecule has 0 aromatic carbocycles. The van der Waals surface area contributed by atoms with Gasteiger partial charge in [0.2, 0.25) is 0 Å². The van der Waals surface area contributed by atoms with Gasteiger partial charge in [-0.05, 0) is 12.8 Å². The van der Waals surface area contributed by atoms with Crippen molar-refractivity contribution in [2.24, 2.45) is 11.8 Å². The molecule has 2 unspecified atom stereocenters. The molecular formula is C7H8F2O2. The second-order valence-electron chi connectivity index (χ2n) is 2.75. The topological polar surface area (TPSA) is 34.1 Å². The first kappa shape index (κ1) is 8.30. The summed E-state index contributed by atoms with van der Waals surface area (Å²) in [6, 6.07) is -3.11. The van der Waals surface area contributed by atoms with E-state index in [0.717, 1.165) is 0 Å². The summed E-state index contributed by atoms with van der Waals surface area (Å²) in [6.45, 7) is 0. The van der Waals surface area contributed by atoms with Crippen molar-refractivity contribution < 1.29 is 18.4 Å². The van der Waals surface area contributed by atoms with Crippen molar-refractivity contribution in [1.29, 1.82) is 0 Å². The summed E-state index contributed by atoms with van der Waals surface area (Å²) in [5.41, 5.74) is 0. The Morgan fingerprint density at radius 2 is 1.36 bits per heavy atom. The van der Waals surface area contributed by atoms with Crippen LogP contribution in [0.25, 0.3) is 0 Å². The molecule has 0 saturated heterocycles. The van der Waals surface area contributed by atoms with E-state index in [0.29, 0.717) is 19.3 Å². The maximum absolute atomic E-state index is 12.1. The van der Waals surface area contributed by atoms with Crippen LogP contribution >= 0.6 is 0 Å². The van der Waals surface area contributed by atoms with Crippen LogP contribution < -0.4 is 0 Å². The molecule has 0 spiro atoms. The molecule has 1 aliphatic rings. The quantitative estimate of drug-likeness (QED) is 0.575. The third-order valence-corrected chi connectivity index (χ3v) is 2.10. The minimum absolute atomic E-state index is 0.301. The highest BCUT2D eigenvalue weighted by molar-refractivity contribution is 5.81. The molecule has 0 aromatic rings. The molecule has 11 heavy (non-hydrogen) atoms. The molecule has 1 fully saturated rings. The third kappa shape index (κ3) is 1.61. The fourth-order valence-corrected chi connectivity index (χ4v) is 1.50. The Morgan fingerprint density at radius 3 is 1.64 bits per heavy atom. The normalized spacial score (nSPS) is 30.4. The van der Waals surface area contributed by atoms with Gasteiger partial charge < -0.3 is 0 Å². The molecule has 0 heterocycles. The van der Waals surface area contributed by atoms with Gasteiger partial charge in [0.15, 0.2) is 0 Å². The lowest BCUT2D eigenvalue weighted by atomic mass is 9.98. The lowest BCUT2D eigenvalue weighted by Gasteiger charge is -2.07. The lowest BCUT2D eigenvalue weighted by molar-refractivity contribution is -0.143. The van der Waals surface area contributed by atoms with Crippen molar-refractivity contribution in [3.63, 3.8) is 0 Å². The second-order valence-corrected chi connectivity index (χ2v) is 2.75. The Bertz CT molecular complexity index is 171. The van der Waals surface area contributed by atoms with Gasteiger partial charge in [-0.2, -0.15) is 8.78 Å². The molecular weight excluding hydrogens is 154 g/mol. The van der Waals surface area contributed by atoms with E-state index in [-0.39, 0.29) is 0 Å². The molecule has 2 atom stereocenters. The van der Waals surface area contributed by atoms with E-state index in [1.165, 1.54) is 0 Å². The Labute approximate surface area is 62.6 Å². The van der Waals surface area contributed by atoms with E-state index in [4.69, 9.17) is 0 Å². The zero-order valence-corrected chi connectivity index (χ0v) is 5.85. The third-order valence-electron chi connectivity index (χ3n) is 2.10. The van der Waals surface area contributed by atoms with E-state index in [1.807, 2.05) is 0 Å². The van der Waals surface area contributed by atoms with E-state index in [2.05, 4.69) is 0 Å². The molecule has 1 rings (SSSR count). The molecule has 0 aromatic heterocycles. The summed E-state index contributed by atoms with van der Waals surface area (Å²) < 4.78 is 24.1. The number of hydrogen-bond donors (Lipinski definition) is 0. The van der Waals surface area contributed by atoms with Crippen molar-refractivity contribution in [3.05, 3.63) is 0 Å². The van der Waals surface area contributed by atoms with E-state index < -0.39 is 23.9 Å². The van der Waals surface area contributed by atoms with Crippen molar-refractivity contribution >= 4 is 12.1 Å². The van der Waals surface area contributed by atoms with Crippen molar-refractivity contribution in [3.8, 4) is 0 Å². The van der Waals surface area contributed by atoms with Crippen molar-refractivity contribution in [2.75, 3.05) is 0 Å². The zero-order valence-electron chi connectivity index (χ0n) is 5.85. The largest absolute Gasteiger partial charge is 0.305 e. The van der Waals surface area contributed by atoms with Crippen LogP contribution in [0.1, 0.15) is 19.3 Å². The smallest absolute Gasteiger partial charge is 0.261 e. The van der Waals surface area contributed by atoms with Crippen LogP contribution in [0.2, 0.25) is 0 Å². The summed E-state index contributed by atoms with van der Waals surface area (Å²) in [5, 5.41) is 0. The molecule has 1 saturated carbocycles. The van der Waals surface area contributed by atoms with Gasteiger partial charge in [0.25, 0.3) is 0 Å². The zero-order chi connectivity index (χ0) is 8.43. The molecule has 62 valence electrons. The Kier molecular flexibility index (Phi) is 2.31. The maximum atomic E-state index is 12.1. The number of halogens is 2.